The zero-order valence-corrected chi connectivity index (χ0v) is 15.6. The van der Waals surface area contributed by atoms with Gasteiger partial charge in [-0.05, 0) is 6.07 Å². The summed E-state index contributed by atoms with van der Waals surface area (Å²) in [4.78, 5) is 9.29. The van der Waals surface area contributed by atoms with Crippen LogP contribution in [0.15, 0.2) is 60.7 Å². The van der Waals surface area contributed by atoms with E-state index < -0.39 is 0 Å². The highest BCUT2D eigenvalue weighted by Crippen LogP contribution is 2.22. The first-order chi connectivity index (χ1) is 13.3. The van der Waals surface area contributed by atoms with Crippen LogP contribution in [0.3, 0.4) is 0 Å². The van der Waals surface area contributed by atoms with Crippen LogP contribution in [0.2, 0.25) is 0 Å². The number of aromatic nitrogens is 2. The third kappa shape index (κ3) is 5.18. The molecule has 3 aromatic rings. The van der Waals surface area contributed by atoms with E-state index in [1.165, 1.54) is 0 Å². The summed E-state index contributed by atoms with van der Waals surface area (Å²) in [5, 5.41) is 6.65. The van der Waals surface area contributed by atoms with Crippen molar-refractivity contribution in [1.29, 1.82) is 0 Å². The normalized spacial score (nSPS) is 10.4. The molecule has 140 valence electrons. The first-order valence-corrected chi connectivity index (χ1v) is 8.83. The van der Waals surface area contributed by atoms with Crippen LogP contribution in [0.1, 0.15) is 5.56 Å². The average Bonchev–Trinajstić information content (AvgIpc) is 2.73. The summed E-state index contributed by atoms with van der Waals surface area (Å²) in [6, 6.07) is 19.8. The number of ether oxygens (including phenoxy) is 2. The Balaban J connectivity index is 1.83. The zero-order valence-electron chi connectivity index (χ0n) is 15.6. The van der Waals surface area contributed by atoms with E-state index >= 15 is 0 Å². The highest BCUT2D eigenvalue weighted by atomic mass is 16.5. The van der Waals surface area contributed by atoms with Crippen LogP contribution in [0.4, 0.5) is 11.6 Å². The Morgan fingerprint density at radius 1 is 0.852 bits per heavy atom. The second kappa shape index (κ2) is 9.54. The second-order valence-corrected chi connectivity index (χ2v) is 5.91. The van der Waals surface area contributed by atoms with E-state index in [0.29, 0.717) is 25.5 Å². The lowest BCUT2D eigenvalue weighted by molar-refractivity contribution is 0.210. The lowest BCUT2D eigenvalue weighted by Crippen LogP contribution is -2.11. The Kier molecular flexibility index (Phi) is 6.60. The topological polar surface area (TPSA) is 68.3 Å². The van der Waals surface area contributed by atoms with Gasteiger partial charge in [-0.2, -0.15) is 0 Å². The first kappa shape index (κ1) is 18.7. The van der Waals surface area contributed by atoms with E-state index in [-0.39, 0.29) is 0 Å². The number of methoxy groups -OCH3 is 2. The molecule has 2 N–H and O–H groups in total. The molecule has 0 aliphatic rings. The number of anilines is 2. The van der Waals surface area contributed by atoms with E-state index in [9.17, 15) is 0 Å². The third-order valence-electron chi connectivity index (χ3n) is 4.02. The van der Waals surface area contributed by atoms with Crippen LogP contribution in [0.25, 0.3) is 11.4 Å². The molecular formula is C21H24N4O2. The van der Waals surface area contributed by atoms with Gasteiger partial charge in [0, 0.05) is 37.4 Å². The molecule has 6 heteroatoms. The van der Waals surface area contributed by atoms with Gasteiger partial charge in [0.05, 0.1) is 13.7 Å². The fourth-order valence-electron chi connectivity index (χ4n) is 2.66. The fraction of sp³-hybridized carbons (Fsp3) is 0.238. The molecule has 0 atom stereocenters. The largest absolute Gasteiger partial charge is 0.496 e. The maximum absolute atomic E-state index is 5.42. The number of hydrogen-bond acceptors (Lipinski definition) is 6. The number of hydrogen-bond donors (Lipinski definition) is 2. The Bertz CT molecular complexity index is 856. The van der Waals surface area contributed by atoms with Crippen molar-refractivity contribution in [3.63, 3.8) is 0 Å². The molecule has 0 saturated heterocycles. The molecule has 1 heterocycles. The van der Waals surface area contributed by atoms with Gasteiger partial charge in [-0.15, -0.1) is 0 Å². The quantitative estimate of drug-likeness (QED) is 0.563. The van der Waals surface area contributed by atoms with Gasteiger partial charge < -0.3 is 20.1 Å². The van der Waals surface area contributed by atoms with E-state index in [1.807, 2.05) is 60.7 Å². The molecule has 0 bridgehead atoms. The predicted octanol–water partition coefficient (Wildman–Crippen LogP) is 3.82. The van der Waals surface area contributed by atoms with Crippen molar-refractivity contribution in [2.24, 2.45) is 0 Å². The molecule has 27 heavy (non-hydrogen) atoms. The minimum absolute atomic E-state index is 0.604. The van der Waals surface area contributed by atoms with E-state index in [2.05, 4.69) is 20.6 Å². The van der Waals surface area contributed by atoms with Crippen LogP contribution >= 0.6 is 0 Å². The van der Waals surface area contributed by atoms with Crippen molar-refractivity contribution in [2.75, 3.05) is 38.0 Å². The molecule has 0 aliphatic heterocycles. The van der Waals surface area contributed by atoms with Gasteiger partial charge in [0.25, 0.3) is 0 Å². The Morgan fingerprint density at radius 3 is 2.30 bits per heavy atom. The molecular weight excluding hydrogens is 340 g/mol. The van der Waals surface area contributed by atoms with Gasteiger partial charge >= 0.3 is 0 Å². The van der Waals surface area contributed by atoms with Crippen LogP contribution < -0.4 is 15.4 Å². The summed E-state index contributed by atoms with van der Waals surface area (Å²) in [6.45, 7) is 1.88. The Hall–Kier alpha value is -3.12. The van der Waals surface area contributed by atoms with Gasteiger partial charge in [-0.3, -0.25) is 0 Å². The molecule has 2 aromatic carbocycles. The molecule has 0 unspecified atom stereocenters. The van der Waals surface area contributed by atoms with Crippen molar-refractivity contribution in [2.45, 2.75) is 6.54 Å². The predicted molar refractivity (Wildman–Crippen MR) is 108 cm³/mol. The van der Waals surface area contributed by atoms with Crippen LogP contribution in [0.5, 0.6) is 5.75 Å². The van der Waals surface area contributed by atoms with Gasteiger partial charge in [-0.25, -0.2) is 9.97 Å². The van der Waals surface area contributed by atoms with Crippen molar-refractivity contribution >= 4 is 11.6 Å². The number of rotatable bonds is 9. The van der Waals surface area contributed by atoms with E-state index in [0.717, 1.165) is 28.5 Å². The zero-order chi connectivity index (χ0) is 18.9. The van der Waals surface area contributed by atoms with Crippen molar-refractivity contribution in [3.8, 4) is 17.1 Å². The Labute approximate surface area is 159 Å². The third-order valence-corrected chi connectivity index (χ3v) is 4.02. The maximum Gasteiger partial charge on any atom is 0.163 e. The fourth-order valence-corrected chi connectivity index (χ4v) is 2.66. The highest BCUT2D eigenvalue weighted by Gasteiger charge is 2.08. The lowest BCUT2D eigenvalue weighted by Gasteiger charge is -2.13. The number of benzene rings is 2. The lowest BCUT2D eigenvalue weighted by atomic mass is 10.2. The number of nitrogens with zero attached hydrogens (tertiary/aromatic N) is 2. The molecule has 0 radical (unpaired) electrons. The summed E-state index contributed by atoms with van der Waals surface area (Å²) in [5.41, 5.74) is 2.03. The first-order valence-electron chi connectivity index (χ1n) is 8.83. The van der Waals surface area contributed by atoms with Gasteiger partial charge in [0.1, 0.15) is 17.4 Å². The van der Waals surface area contributed by atoms with Crippen molar-refractivity contribution < 1.29 is 9.47 Å². The summed E-state index contributed by atoms with van der Waals surface area (Å²) >= 11 is 0. The average molecular weight is 364 g/mol. The van der Waals surface area contributed by atoms with E-state index in [4.69, 9.17) is 9.47 Å². The molecule has 6 nitrogen and oxygen atoms in total. The molecule has 3 rings (SSSR count). The van der Waals surface area contributed by atoms with Crippen molar-refractivity contribution in [3.05, 3.63) is 66.2 Å². The Morgan fingerprint density at radius 2 is 1.56 bits per heavy atom. The summed E-state index contributed by atoms with van der Waals surface area (Å²) < 4.78 is 10.5. The van der Waals surface area contributed by atoms with Crippen LogP contribution in [-0.2, 0) is 11.3 Å². The molecule has 0 amide bonds. The van der Waals surface area contributed by atoms with Crippen LogP contribution in [0, 0.1) is 0 Å². The van der Waals surface area contributed by atoms with Gasteiger partial charge in [0.15, 0.2) is 5.82 Å². The number of nitrogens with one attached hydrogen (secondary N) is 2. The SMILES string of the molecule is COCCNc1cc(NCc2ccccc2OC)nc(-c2ccccc2)n1. The molecule has 1 aromatic heterocycles. The van der Waals surface area contributed by atoms with Crippen LogP contribution in [-0.4, -0.2) is 37.3 Å². The standard InChI is InChI=1S/C21H24N4O2/c1-26-13-12-22-19-14-20(23-15-17-10-6-7-11-18(17)27-2)25-21(24-19)16-8-4-3-5-9-16/h3-11,14H,12-13,15H2,1-2H3,(H2,22,23,24,25). The van der Waals surface area contributed by atoms with E-state index in [1.54, 1.807) is 14.2 Å². The second-order valence-electron chi connectivity index (χ2n) is 5.91. The molecule has 0 aliphatic carbocycles. The molecule has 0 saturated carbocycles. The molecule has 0 fully saturated rings. The summed E-state index contributed by atoms with van der Waals surface area (Å²) in [5.74, 6) is 3.01. The minimum atomic E-state index is 0.604. The van der Waals surface area contributed by atoms with Gasteiger partial charge in [0.2, 0.25) is 0 Å². The smallest absolute Gasteiger partial charge is 0.163 e. The minimum Gasteiger partial charge on any atom is -0.496 e. The van der Waals surface area contributed by atoms with Gasteiger partial charge in [-0.1, -0.05) is 48.5 Å². The summed E-state index contributed by atoms with van der Waals surface area (Å²) in [7, 11) is 3.35. The maximum atomic E-state index is 5.42. The summed E-state index contributed by atoms with van der Waals surface area (Å²) in [6.07, 6.45) is 0. The monoisotopic (exact) mass is 364 g/mol. The highest BCUT2D eigenvalue weighted by molar-refractivity contribution is 5.61. The molecule has 0 spiro atoms. The van der Waals surface area contributed by atoms with Crippen molar-refractivity contribution in [1.82, 2.24) is 9.97 Å². The number of para-hydroxylation sites is 1.